The Balaban J connectivity index is 2.14. The van der Waals surface area contributed by atoms with Crippen LogP contribution in [0.2, 0.25) is 0 Å². The highest BCUT2D eigenvalue weighted by Gasteiger charge is 2.01. The average Bonchev–Trinajstić information content (AvgIpc) is 2.48. The summed E-state index contributed by atoms with van der Waals surface area (Å²) in [6.45, 7) is 0. The number of pyridine rings is 1. The van der Waals surface area contributed by atoms with Crippen LogP contribution >= 0.6 is 0 Å². The third-order valence-corrected chi connectivity index (χ3v) is 3.06. The maximum absolute atomic E-state index is 4.73. The first-order valence-electron chi connectivity index (χ1n) is 6.25. The molecule has 2 heteroatoms. The molecule has 0 spiro atoms. The molecular weight excluding hydrogens is 232 g/mol. The molecule has 0 N–H and O–H groups in total. The van der Waals surface area contributed by atoms with Crippen molar-refractivity contribution < 1.29 is 0 Å². The molecule has 19 heavy (non-hydrogen) atoms. The minimum atomic E-state index is 0.999. The van der Waals surface area contributed by atoms with Crippen LogP contribution in [0.5, 0.6) is 0 Å². The minimum absolute atomic E-state index is 0.999. The average molecular weight is 246 g/mol. The number of hydrogen-bond acceptors (Lipinski definition) is 2. The van der Waals surface area contributed by atoms with E-state index in [9.17, 15) is 0 Å². The first-order valence-corrected chi connectivity index (χ1v) is 6.25. The van der Waals surface area contributed by atoms with E-state index >= 15 is 0 Å². The SMILES string of the molecule is CN=Cc1ccc2ccc(-c3ccccc3)nc2c1. The van der Waals surface area contributed by atoms with Crippen LogP contribution in [-0.2, 0) is 0 Å². The zero-order valence-corrected chi connectivity index (χ0v) is 10.7. The Kier molecular flexibility index (Phi) is 3.07. The van der Waals surface area contributed by atoms with Gasteiger partial charge in [-0.3, -0.25) is 4.99 Å². The molecule has 92 valence electrons. The van der Waals surface area contributed by atoms with Gasteiger partial charge in [0, 0.05) is 24.2 Å². The smallest absolute Gasteiger partial charge is 0.0716 e. The van der Waals surface area contributed by atoms with Crippen molar-refractivity contribution in [3.63, 3.8) is 0 Å². The predicted octanol–water partition coefficient (Wildman–Crippen LogP) is 3.95. The molecule has 0 fully saturated rings. The van der Waals surface area contributed by atoms with E-state index in [0.717, 1.165) is 27.7 Å². The molecule has 0 amide bonds. The van der Waals surface area contributed by atoms with Crippen LogP contribution in [0.1, 0.15) is 5.56 Å². The summed E-state index contributed by atoms with van der Waals surface area (Å²) in [4.78, 5) is 8.77. The minimum Gasteiger partial charge on any atom is -0.296 e. The molecule has 2 nitrogen and oxygen atoms in total. The first kappa shape index (κ1) is 11.6. The van der Waals surface area contributed by atoms with Gasteiger partial charge in [-0.1, -0.05) is 48.5 Å². The standard InChI is InChI=1S/C17H14N2/c1-18-12-13-7-8-15-9-10-16(19-17(15)11-13)14-5-3-2-4-6-14/h2-12H,1H3. The van der Waals surface area contributed by atoms with Crippen LogP contribution < -0.4 is 0 Å². The summed E-state index contributed by atoms with van der Waals surface area (Å²) in [5.41, 5.74) is 4.21. The molecule has 0 bridgehead atoms. The van der Waals surface area contributed by atoms with Crippen molar-refractivity contribution in [2.24, 2.45) is 4.99 Å². The summed E-state index contributed by atoms with van der Waals surface area (Å²) >= 11 is 0. The highest BCUT2D eigenvalue weighted by Crippen LogP contribution is 2.21. The second-order valence-electron chi connectivity index (χ2n) is 4.40. The van der Waals surface area contributed by atoms with Gasteiger partial charge in [0.25, 0.3) is 0 Å². The van der Waals surface area contributed by atoms with Crippen LogP contribution in [0.25, 0.3) is 22.2 Å². The number of benzene rings is 2. The number of fused-ring (bicyclic) bond motifs is 1. The topological polar surface area (TPSA) is 25.2 Å². The van der Waals surface area contributed by atoms with Gasteiger partial charge >= 0.3 is 0 Å². The van der Waals surface area contributed by atoms with Gasteiger partial charge in [-0.2, -0.15) is 0 Å². The molecule has 3 aromatic rings. The van der Waals surface area contributed by atoms with Gasteiger partial charge < -0.3 is 0 Å². The monoisotopic (exact) mass is 246 g/mol. The van der Waals surface area contributed by atoms with Crippen molar-refractivity contribution in [3.8, 4) is 11.3 Å². The lowest BCUT2D eigenvalue weighted by atomic mass is 10.1. The Bertz CT molecular complexity index is 731. The Labute approximate surface area is 112 Å². The van der Waals surface area contributed by atoms with Gasteiger partial charge in [0.15, 0.2) is 0 Å². The molecule has 0 unspecified atom stereocenters. The summed E-state index contributed by atoms with van der Waals surface area (Å²) in [6.07, 6.45) is 1.84. The van der Waals surface area contributed by atoms with Gasteiger partial charge in [0.05, 0.1) is 11.2 Å². The molecule has 0 aliphatic rings. The second kappa shape index (κ2) is 5.02. The molecule has 1 aromatic heterocycles. The van der Waals surface area contributed by atoms with E-state index in [-0.39, 0.29) is 0 Å². The molecule has 0 saturated carbocycles. The summed E-state index contributed by atoms with van der Waals surface area (Å²) in [5.74, 6) is 0. The van der Waals surface area contributed by atoms with Crippen molar-refractivity contribution in [1.29, 1.82) is 0 Å². The summed E-state index contributed by atoms with van der Waals surface area (Å²) in [6, 6.07) is 20.6. The van der Waals surface area contributed by atoms with Crippen molar-refractivity contribution in [2.75, 3.05) is 7.05 Å². The Morgan fingerprint density at radius 1 is 0.947 bits per heavy atom. The maximum atomic E-state index is 4.73. The van der Waals surface area contributed by atoms with E-state index in [4.69, 9.17) is 4.98 Å². The molecule has 0 saturated heterocycles. The van der Waals surface area contributed by atoms with E-state index in [2.05, 4.69) is 47.5 Å². The zero-order chi connectivity index (χ0) is 13.1. The van der Waals surface area contributed by atoms with Crippen molar-refractivity contribution in [1.82, 2.24) is 4.98 Å². The lowest BCUT2D eigenvalue weighted by Crippen LogP contribution is -1.87. The number of aliphatic imine (C=N–C) groups is 1. The van der Waals surface area contributed by atoms with E-state index in [1.165, 1.54) is 0 Å². The van der Waals surface area contributed by atoms with E-state index in [1.54, 1.807) is 7.05 Å². The van der Waals surface area contributed by atoms with Gasteiger partial charge in [-0.05, 0) is 17.7 Å². The van der Waals surface area contributed by atoms with Gasteiger partial charge in [0.1, 0.15) is 0 Å². The molecule has 2 aromatic carbocycles. The quantitative estimate of drug-likeness (QED) is 0.628. The van der Waals surface area contributed by atoms with Crippen molar-refractivity contribution in [3.05, 3.63) is 66.2 Å². The summed E-state index contributed by atoms with van der Waals surface area (Å²) < 4.78 is 0. The highest BCUT2D eigenvalue weighted by atomic mass is 14.7. The number of hydrogen-bond donors (Lipinski definition) is 0. The number of rotatable bonds is 2. The fraction of sp³-hybridized carbons (Fsp3) is 0.0588. The van der Waals surface area contributed by atoms with Crippen LogP contribution in [0, 0.1) is 0 Å². The lowest BCUT2D eigenvalue weighted by molar-refractivity contribution is 1.39. The fourth-order valence-corrected chi connectivity index (χ4v) is 2.13. The third kappa shape index (κ3) is 2.38. The van der Waals surface area contributed by atoms with Gasteiger partial charge in [-0.25, -0.2) is 4.98 Å². The molecule has 0 radical (unpaired) electrons. The van der Waals surface area contributed by atoms with Crippen molar-refractivity contribution in [2.45, 2.75) is 0 Å². The predicted molar refractivity (Wildman–Crippen MR) is 80.7 cm³/mol. The second-order valence-corrected chi connectivity index (χ2v) is 4.40. The Morgan fingerprint density at radius 2 is 1.74 bits per heavy atom. The van der Waals surface area contributed by atoms with Gasteiger partial charge in [-0.15, -0.1) is 0 Å². The van der Waals surface area contributed by atoms with E-state index < -0.39 is 0 Å². The molecule has 0 aliphatic carbocycles. The Morgan fingerprint density at radius 3 is 2.53 bits per heavy atom. The molecule has 0 aliphatic heterocycles. The molecule has 1 heterocycles. The molecule has 0 atom stereocenters. The zero-order valence-electron chi connectivity index (χ0n) is 10.7. The number of aromatic nitrogens is 1. The largest absolute Gasteiger partial charge is 0.296 e. The summed E-state index contributed by atoms with van der Waals surface area (Å²) in [5, 5.41) is 1.15. The molecular formula is C17H14N2. The summed E-state index contributed by atoms with van der Waals surface area (Å²) in [7, 11) is 1.78. The van der Waals surface area contributed by atoms with E-state index in [1.807, 2.05) is 24.4 Å². The van der Waals surface area contributed by atoms with Crippen molar-refractivity contribution >= 4 is 17.1 Å². The van der Waals surface area contributed by atoms with Crippen LogP contribution in [-0.4, -0.2) is 18.2 Å². The molecule has 3 rings (SSSR count). The number of nitrogens with zero attached hydrogens (tertiary/aromatic N) is 2. The Hall–Kier alpha value is -2.48. The van der Waals surface area contributed by atoms with Gasteiger partial charge in [0.2, 0.25) is 0 Å². The van der Waals surface area contributed by atoms with Crippen LogP contribution in [0.15, 0.2) is 65.7 Å². The normalized spacial score (nSPS) is 11.2. The maximum Gasteiger partial charge on any atom is 0.0716 e. The van der Waals surface area contributed by atoms with Crippen LogP contribution in [0.3, 0.4) is 0 Å². The highest BCUT2D eigenvalue weighted by molar-refractivity contribution is 5.89. The van der Waals surface area contributed by atoms with Crippen LogP contribution in [0.4, 0.5) is 0 Å². The first-order chi connectivity index (χ1) is 9.36. The fourth-order valence-electron chi connectivity index (χ4n) is 2.13. The van der Waals surface area contributed by atoms with E-state index in [0.29, 0.717) is 0 Å². The third-order valence-electron chi connectivity index (χ3n) is 3.06. The lowest BCUT2D eigenvalue weighted by Gasteiger charge is -2.04.